The van der Waals surface area contributed by atoms with Crippen LogP contribution in [0.4, 0.5) is 11.4 Å². The van der Waals surface area contributed by atoms with Gasteiger partial charge in [-0.25, -0.2) is 0 Å². The summed E-state index contributed by atoms with van der Waals surface area (Å²) in [5.41, 5.74) is 5.44. The second kappa shape index (κ2) is 9.15. The van der Waals surface area contributed by atoms with Crippen molar-refractivity contribution in [3.05, 3.63) is 63.2 Å². The molecule has 1 amide bonds. The van der Waals surface area contributed by atoms with Crippen molar-refractivity contribution in [2.75, 3.05) is 5.32 Å². The molecule has 0 aliphatic heterocycles. The minimum Gasteiger partial charge on any atom is -0.491 e. The van der Waals surface area contributed by atoms with E-state index < -0.39 is 10.8 Å². The predicted molar refractivity (Wildman–Crippen MR) is 107 cm³/mol. The normalized spacial score (nSPS) is 10.2. The first-order valence-corrected chi connectivity index (χ1v) is 8.63. The maximum Gasteiger partial charge on any atom is 0.271 e. The lowest BCUT2D eigenvalue weighted by Crippen LogP contribution is -2.43. The molecule has 0 unspecified atom stereocenters. The Balaban J connectivity index is 1.92. The monoisotopic (exact) mass is 408 g/mol. The van der Waals surface area contributed by atoms with Crippen molar-refractivity contribution in [2.45, 2.75) is 20.0 Å². The maximum absolute atomic E-state index is 12.1. The standard InChI is InChI=1S/C17H17ClN4O4S/c1-10(2)26-13-6-3-11(4-7-13)16(23)20-21-17(27)19-15-9-12(22(24)25)5-8-14(15)18/h3-10H,1-2H3,(H,20,23)(H2,19,21,27). The van der Waals surface area contributed by atoms with Gasteiger partial charge in [0.2, 0.25) is 0 Å². The number of amides is 1. The number of nitrogens with one attached hydrogen (secondary N) is 3. The van der Waals surface area contributed by atoms with E-state index in [-0.39, 0.29) is 27.6 Å². The number of hydrogen-bond acceptors (Lipinski definition) is 5. The van der Waals surface area contributed by atoms with E-state index in [1.165, 1.54) is 18.2 Å². The van der Waals surface area contributed by atoms with Crippen LogP contribution in [-0.4, -0.2) is 22.0 Å². The van der Waals surface area contributed by atoms with Crippen molar-refractivity contribution < 1.29 is 14.5 Å². The Labute approximate surface area is 166 Å². The Bertz CT molecular complexity index is 859. The van der Waals surface area contributed by atoms with E-state index in [9.17, 15) is 14.9 Å². The molecule has 2 aromatic rings. The van der Waals surface area contributed by atoms with E-state index in [1.54, 1.807) is 24.3 Å². The van der Waals surface area contributed by atoms with Gasteiger partial charge in [-0.2, -0.15) is 0 Å². The first kappa shape index (κ1) is 20.4. The first-order chi connectivity index (χ1) is 12.8. The molecule has 142 valence electrons. The van der Waals surface area contributed by atoms with Crippen molar-refractivity contribution in [1.82, 2.24) is 10.9 Å². The maximum atomic E-state index is 12.1. The zero-order chi connectivity index (χ0) is 20.0. The molecule has 0 atom stereocenters. The molecule has 8 nitrogen and oxygen atoms in total. The summed E-state index contributed by atoms with van der Waals surface area (Å²) in [6.45, 7) is 3.82. The Hall–Kier alpha value is -2.91. The molecule has 0 radical (unpaired) electrons. The average molecular weight is 409 g/mol. The summed E-state index contributed by atoms with van der Waals surface area (Å²) in [7, 11) is 0. The lowest BCUT2D eigenvalue weighted by molar-refractivity contribution is -0.384. The summed E-state index contributed by atoms with van der Waals surface area (Å²) in [6, 6.07) is 10.5. The molecule has 0 saturated carbocycles. The van der Waals surface area contributed by atoms with E-state index in [0.717, 1.165) is 0 Å². The fraction of sp³-hybridized carbons (Fsp3) is 0.176. The number of carbonyl (C=O) groups is 1. The number of anilines is 1. The van der Waals surface area contributed by atoms with Crippen molar-refractivity contribution in [3.8, 4) is 5.75 Å². The third-order valence-electron chi connectivity index (χ3n) is 3.19. The molecule has 2 aromatic carbocycles. The predicted octanol–water partition coefficient (Wildman–Crippen LogP) is 3.67. The highest BCUT2D eigenvalue weighted by molar-refractivity contribution is 7.80. The number of nitro benzene ring substituents is 1. The van der Waals surface area contributed by atoms with Crippen molar-refractivity contribution in [3.63, 3.8) is 0 Å². The molecule has 27 heavy (non-hydrogen) atoms. The summed E-state index contributed by atoms with van der Waals surface area (Å²) in [5.74, 6) is 0.243. The number of ether oxygens (including phenoxy) is 1. The van der Waals surface area contributed by atoms with Crippen LogP contribution >= 0.6 is 23.8 Å². The van der Waals surface area contributed by atoms with Crippen molar-refractivity contribution in [2.24, 2.45) is 0 Å². The SMILES string of the molecule is CC(C)Oc1ccc(C(=O)NNC(=S)Nc2cc([N+](=O)[O-])ccc2Cl)cc1. The highest BCUT2D eigenvalue weighted by Crippen LogP contribution is 2.26. The zero-order valence-corrected chi connectivity index (χ0v) is 16.1. The minimum absolute atomic E-state index is 0.0190. The molecule has 0 fully saturated rings. The quantitative estimate of drug-likeness (QED) is 0.393. The lowest BCUT2D eigenvalue weighted by Gasteiger charge is -2.13. The van der Waals surface area contributed by atoms with Gasteiger partial charge in [0.25, 0.3) is 11.6 Å². The fourth-order valence-electron chi connectivity index (χ4n) is 2.02. The van der Waals surface area contributed by atoms with Crippen molar-refractivity contribution >= 4 is 46.2 Å². The Morgan fingerprint density at radius 3 is 2.44 bits per heavy atom. The summed E-state index contributed by atoms with van der Waals surface area (Å²) in [6.07, 6.45) is 0.0374. The minimum atomic E-state index is -0.549. The van der Waals surface area contributed by atoms with E-state index in [4.69, 9.17) is 28.6 Å². The summed E-state index contributed by atoms with van der Waals surface area (Å²) in [4.78, 5) is 22.4. The summed E-state index contributed by atoms with van der Waals surface area (Å²) >= 11 is 11.0. The van der Waals surface area contributed by atoms with E-state index in [0.29, 0.717) is 11.3 Å². The molecule has 3 N–H and O–H groups in total. The Kier molecular flexibility index (Phi) is 6.91. The van der Waals surface area contributed by atoms with Crippen LogP contribution in [0.15, 0.2) is 42.5 Å². The number of rotatable bonds is 5. The first-order valence-electron chi connectivity index (χ1n) is 7.84. The van der Waals surface area contributed by atoms with Crippen LogP contribution in [0, 0.1) is 10.1 Å². The molecule has 0 spiro atoms. The smallest absolute Gasteiger partial charge is 0.271 e. The molecule has 0 aliphatic carbocycles. The zero-order valence-electron chi connectivity index (χ0n) is 14.5. The fourth-order valence-corrected chi connectivity index (χ4v) is 2.34. The van der Waals surface area contributed by atoms with E-state index >= 15 is 0 Å². The number of halogens is 1. The van der Waals surface area contributed by atoms with Gasteiger partial charge in [-0.3, -0.25) is 25.8 Å². The van der Waals surface area contributed by atoms with Gasteiger partial charge in [-0.1, -0.05) is 11.6 Å². The number of hydrazine groups is 1. The average Bonchev–Trinajstić information content (AvgIpc) is 2.61. The number of nitrogens with zero attached hydrogens (tertiary/aromatic N) is 1. The third-order valence-corrected chi connectivity index (χ3v) is 3.72. The van der Waals surface area contributed by atoms with Crippen molar-refractivity contribution in [1.29, 1.82) is 0 Å². The van der Waals surface area contributed by atoms with Gasteiger partial charge in [0.15, 0.2) is 5.11 Å². The third kappa shape index (κ3) is 6.08. The van der Waals surface area contributed by atoms with Gasteiger partial charge in [-0.05, 0) is 56.4 Å². The van der Waals surface area contributed by atoms with Crippen LogP contribution in [0.1, 0.15) is 24.2 Å². The number of nitro groups is 1. The second-order valence-corrected chi connectivity index (χ2v) is 6.46. The van der Waals surface area contributed by atoms with Crippen LogP contribution in [0.2, 0.25) is 5.02 Å². The summed E-state index contributed by atoms with van der Waals surface area (Å²) < 4.78 is 5.51. The lowest BCUT2D eigenvalue weighted by atomic mass is 10.2. The highest BCUT2D eigenvalue weighted by Gasteiger charge is 2.11. The number of carbonyl (C=O) groups excluding carboxylic acids is 1. The Morgan fingerprint density at radius 1 is 1.19 bits per heavy atom. The Morgan fingerprint density at radius 2 is 1.85 bits per heavy atom. The van der Waals surface area contributed by atoms with Crippen LogP contribution in [-0.2, 0) is 0 Å². The van der Waals surface area contributed by atoms with Crippen LogP contribution < -0.4 is 20.9 Å². The van der Waals surface area contributed by atoms with Gasteiger partial charge in [0.05, 0.1) is 21.7 Å². The summed E-state index contributed by atoms with van der Waals surface area (Å²) in [5, 5.41) is 13.8. The van der Waals surface area contributed by atoms with Crippen LogP contribution in [0.25, 0.3) is 0 Å². The molecule has 2 rings (SSSR count). The van der Waals surface area contributed by atoms with Crippen LogP contribution in [0.5, 0.6) is 5.75 Å². The number of thiocarbonyl (C=S) groups is 1. The molecule has 0 aromatic heterocycles. The highest BCUT2D eigenvalue weighted by atomic mass is 35.5. The largest absolute Gasteiger partial charge is 0.491 e. The topological polar surface area (TPSA) is 106 Å². The van der Waals surface area contributed by atoms with Gasteiger partial charge in [0, 0.05) is 17.7 Å². The molecule has 0 bridgehead atoms. The number of non-ortho nitro benzene ring substituents is 1. The van der Waals surface area contributed by atoms with E-state index in [1.807, 2.05) is 13.8 Å². The van der Waals surface area contributed by atoms with Gasteiger partial charge >= 0.3 is 0 Å². The molecule has 10 heteroatoms. The van der Waals surface area contributed by atoms with Gasteiger partial charge in [0.1, 0.15) is 5.75 Å². The molecular formula is C17H17ClN4O4S. The second-order valence-electron chi connectivity index (χ2n) is 5.65. The molecule has 0 saturated heterocycles. The van der Waals surface area contributed by atoms with E-state index in [2.05, 4.69) is 16.2 Å². The number of hydrogen-bond donors (Lipinski definition) is 3. The molecule has 0 heterocycles. The van der Waals surface area contributed by atoms with Gasteiger partial charge < -0.3 is 10.1 Å². The molecular weight excluding hydrogens is 392 g/mol. The molecule has 0 aliphatic rings. The van der Waals surface area contributed by atoms with Crippen LogP contribution in [0.3, 0.4) is 0 Å². The van der Waals surface area contributed by atoms with Gasteiger partial charge in [-0.15, -0.1) is 0 Å². The number of benzene rings is 2.